The molecule has 0 saturated heterocycles. The SMILES string of the molecule is C=CCOc1ccc(/C=c2\sc3nc(-c4ccncc4)nn3c2=O)cc1. The van der Waals surface area contributed by atoms with Gasteiger partial charge in [0.25, 0.3) is 5.56 Å². The Bertz CT molecular complexity index is 1160. The van der Waals surface area contributed by atoms with E-state index in [1.54, 1.807) is 18.5 Å². The Labute approximate surface area is 152 Å². The molecule has 0 aliphatic rings. The number of hydrogen-bond acceptors (Lipinski definition) is 6. The van der Waals surface area contributed by atoms with Gasteiger partial charge in [-0.2, -0.15) is 9.50 Å². The van der Waals surface area contributed by atoms with Crippen molar-refractivity contribution in [2.24, 2.45) is 0 Å². The molecule has 0 aliphatic heterocycles. The van der Waals surface area contributed by atoms with Gasteiger partial charge in [-0.05, 0) is 35.9 Å². The molecule has 0 fully saturated rings. The number of benzene rings is 1. The fourth-order valence-corrected chi connectivity index (χ4v) is 3.33. The Morgan fingerprint density at radius 2 is 1.92 bits per heavy atom. The van der Waals surface area contributed by atoms with E-state index in [0.717, 1.165) is 16.9 Å². The Morgan fingerprint density at radius 1 is 1.15 bits per heavy atom. The zero-order chi connectivity index (χ0) is 17.9. The van der Waals surface area contributed by atoms with Crippen molar-refractivity contribution < 1.29 is 4.74 Å². The zero-order valence-corrected chi connectivity index (χ0v) is 14.5. The van der Waals surface area contributed by atoms with Crippen molar-refractivity contribution in [3.05, 3.63) is 81.9 Å². The molecule has 1 aromatic carbocycles. The van der Waals surface area contributed by atoms with Gasteiger partial charge in [0.2, 0.25) is 4.96 Å². The molecule has 3 heterocycles. The first kappa shape index (κ1) is 16.2. The van der Waals surface area contributed by atoms with Crippen LogP contribution in [0.3, 0.4) is 0 Å². The smallest absolute Gasteiger partial charge is 0.291 e. The normalized spacial score (nSPS) is 11.8. The molecule has 0 radical (unpaired) electrons. The third kappa shape index (κ3) is 3.12. The van der Waals surface area contributed by atoms with Crippen LogP contribution in [0, 0.1) is 0 Å². The van der Waals surface area contributed by atoms with Crippen LogP contribution >= 0.6 is 11.3 Å². The van der Waals surface area contributed by atoms with Gasteiger partial charge in [-0.25, -0.2) is 0 Å². The number of thiazole rings is 1. The van der Waals surface area contributed by atoms with Crippen LogP contribution in [0.5, 0.6) is 5.75 Å². The summed E-state index contributed by atoms with van der Waals surface area (Å²) < 4.78 is 7.38. The molecule has 0 atom stereocenters. The summed E-state index contributed by atoms with van der Waals surface area (Å²) in [5.41, 5.74) is 1.56. The highest BCUT2D eigenvalue weighted by Crippen LogP contribution is 2.15. The molecule has 128 valence electrons. The van der Waals surface area contributed by atoms with E-state index >= 15 is 0 Å². The Hall–Kier alpha value is -3.32. The third-order valence-electron chi connectivity index (χ3n) is 3.67. The van der Waals surface area contributed by atoms with Crippen molar-refractivity contribution in [3.8, 4) is 17.1 Å². The van der Waals surface area contributed by atoms with Gasteiger partial charge in [-0.3, -0.25) is 9.78 Å². The topological polar surface area (TPSA) is 69.4 Å². The number of fused-ring (bicyclic) bond motifs is 1. The second-order valence-electron chi connectivity index (χ2n) is 5.45. The maximum Gasteiger partial charge on any atom is 0.291 e. The number of aromatic nitrogens is 4. The summed E-state index contributed by atoms with van der Waals surface area (Å²) in [7, 11) is 0. The van der Waals surface area contributed by atoms with Crippen molar-refractivity contribution in [3.63, 3.8) is 0 Å². The van der Waals surface area contributed by atoms with Crippen LogP contribution in [-0.2, 0) is 0 Å². The standard InChI is InChI=1S/C19H14N4O2S/c1-2-11-25-15-5-3-13(4-6-15)12-16-18(24)23-19(26-16)21-17(22-23)14-7-9-20-10-8-14/h2-10,12H,1,11H2/b16-12-. The largest absolute Gasteiger partial charge is 0.490 e. The van der Waals surface area contributed by atoms with Crippen LogP contribution in [0.1, 0.15) is 5.56 Å². The lowest BCUT2D eigenvalue weighted by molar-refractivity contribution is 0.363. The third-order valence-corrected chi connectivity index (χ3v) is 4.63. The predicted octanol–water partition coefficient (Wildman–Crippen LogP) is 2.33. The van der Waals surface area contributed by atoms with Crippen LogP contribution in [0.4, 0.5) is 0 Å². The van der Waals surface area contributed by atoms with Crippen molar-refractivity contribution >= 4 is 22.4 Å². The van der Waals surface area contributed by atoms with Gasteiger partial charge in [0.15, 0.2) is 5.82 Å². The molecular formula is C19H14N4O2S. The highest BCUT2D eigenvalue weighted by Gasteiger charge is 2.11. The summed E-state index contributed by atoms with van der Waals surface area (Å²) in [5.74, 6) is 1.28. The number of pyridine rings is 1. The predicted molar refractivity (Wildman–Crippen MR) is 101 cm³/mol. The summed E-state index contributed by atoms with van der Waals surface area (Å²) in [6, 6.07) is 11.1. The zero-order valence-electron chi connectivity index (χ0n) is 13.7. The molecule has 3 aromatic heterocycles. The minimum Gasteiger partial charge on any atom is -0.490 e. The molecule has 0 amide bonds. The van der Waals surface area contributed by atoms with Crippen LogP contribution in [0.25, 0.3) is 22.4 Å². The molecule has 0 N–H and O–H groups in total. The quantitative estimate of drug-likeness (QED) is 0.510. The van der Waals surface area contributed by atoms with Gasteiger partial charge in [0, 0.05) is 18.0 Å². The van der Waals surface area contributed by atoms with E-state index < -0.39 is 0 Å². The van der Waals surface area contributed by atoms with E-state index in [2.05, 4.69) is 21.6 Å². The average molecular weight is 362 g/mol. The minimum absolute atomic E-state index is 0.176. The Balaban J connectivity index is 1.68. The van der Waals surface area contributed by atoms with Crippen LogP contribution in [0.15, 0.2) is 66.2 Å². The second-order valence-corrected chi connectivity index (χ2v) is 6.46. The highest BCUT2D eigenvalue weighted by atomic mass is 32.1. The van der Waals surface area contributed by atoms with E-state index in [0.29, 0.717) is 21.9 Å². The van der Waals surface area contributed by atoms with Gasteiger partial charge in [-0.15, -0.1) is 5.10 Å². The molecule has 6 nitrogen and oxygen atoms in total. The number of nitrogens with zero attached hydrogens (tertiary/aromatic N) is 4. The van der Waals surface area contributed by atoms with Crippen molar-refractivity contribution in [1.82, 2.24) is 19.6 Å². The fourth-order valence-electron chi connectivity index (χ4n) is 2.42. The van der Waals surface area contributed by atoms with Gasteiger partial charge >= 0.3 is 0 Å². The van der Waals surface area contributed by atoms with E-state index in [9.17, 15) is 4.79 Å². The van der Waals surface area contributed by atoms with E-state index in [1.165, 1.54) is 15.9 Å². The van der Waals surface area contributed by atoms with Crippen molar-refractivity contribution in [2.45, 2.75) is 0 Å². The molecule has 26 heavy (non-hydrogen) atoms. The summed E-state index contributed by atoms with van der Waals surface area (Å²) in [4.78, 5) is 21.6. The van der Waals surface area contributed by atoms with Crippen LogP contribution in [0.2, 0.25) is 0 Å². The lowest BCUT2D eigenvalue weighted by Crippen LogP contribution is -2.23. The first-order valence-electron chi connectivity index (χ1n) is 7.90. The average Bonchev–Trinajstić information content (AvgIpc) is 3.22. The Morgan fingerprint density at radius 3 is 2.62 bits per heavy atom. The molecule has 4 rings (SSSR count). The number of ether oxygens (including phenoxy) is 1. The first-order valence-corrected chi connectivity index (χ1v) is 8.72. The monoisotopic (exact) mass is 362 g/mol. The summed E-state index contributed by atoms with van der Waals surface area (Å²) >= 11 is 1.31. The van der Waals surface area contributed by atoms with Crippen LogP contribution in [-0.4, -0.2) is 26.2 Å². The van der Waals surface area contributed by atoms with E-state index in [4.69, 9.17) is 4.74 Å². The van der Waals surface area contributed by atoms with Gasteiger partial charge in [0.1, 0.15) is 12.4 Å². The first-order chi connectivity index (χ1) is 12.7. The summed E-state index contributed by atoms with van der Waals surface area (Å²) in [6.45, 7) is 4.08. The number of hydrogen-bond donors (Lipinski definition) is 0. The van der Waals surface area contributed by atoms with Gasteiger partial charge in [0.05, 0.1) is 4.53 Å². The molecule has 0 bridgehead atoms. The lowest BCUT2D eigenvalue weighted by atomic mass is 10.2. The Kier molecular flexibility index (Phi) is 4.28. The minimum atomic E-state index is -0.176. The molecular weight excluding hydrogens is 348 g/mol. The summed E-state index contributed by atoms with van der Waals surface area (Å²) in [5, 5.41) is 4.32. The van der Waals surface area contributed by atoms with Crippen molar-refractivity contribution in [1.29, 1.82) is 0 Å². The molecule has 0 unspecified atom stereocenters. The fraction of sp³-hybridized carbons (Fsp3) is 0.0526. The number of rotatable bonds is 5. The molecule has 0 spiro atoms. The maximum absolute atomic E-state index is 12.6. The maximum atomic E-state index is 12.6. The molecule has 4 aromatic rings. The molecule has 0 saturated carbocycles. The van der Waals surface area contributed by atoms with Gasteiger partial charge in [-0.1, -0.05) is 36.1 Å². The van der Waals surface area contributed by atoms with E-state index in [1.807, 2.05) is 42.5 Å². The highest BCUT2D eigenvalue weighted by molar-refractivity contribution is 7.15. The van der Waals surface area contributed by atoms with Crippen molar-refractivity contribution in [2.75, 3.05) is 6.61 Å². The van der Waals surface area contributed by atoms with Crippen LogP contribution < -0.4 is 14.8 Å². The van der Waals surface area contributed by atoms with E-state index in [-0.39, 0.29) is 5.56 Å². The molecule has 7 heteroatoms. The van der Waals surface area contributed by atoms with Gasteiger partial charge < -0.3 is 4.74 Å². The molecule has 0 aliphatic carbocycles. The lowest BCUT2D eigenvalue weighted by Gasteiger charge is -2.02. The second kappa shape index (κ2) is 6.89. The summed E-state index contributed by atoms with van der Waals surface area (Å²) in [6.07, 6.45) is 6.86.